The number of aromatic nitrogens is 1. The van der Waals surface area contributed by atoms with Gasteiger partial charge in [0.15, 0.2) is 0 Å². The van der Waals surface area contributed by atoms with Crippen LogP contribution in [0, 0.1) is 13.8 Å². The van der Waals surface area contributed by atoms with Crippen LogP contribution in [0.3, 0.4) is 0 Å². The van der Waals surface area contributed by atoms with Crippen LogP contribution in [0.15, 0.2) is 24.3 Å². The smallest absolute Gasteiger partial charge is 0.267 e. The number of para-hydroxylation sites is 2. The number of thiazole rings is 1. The fourth-order valence-corrected chi connectivity index (χ4v) is 2.91. The molecule has 0 saturated heterocycles. The lowest BCUT2D eigenvalue weighted by Crippen LogP contribution is -2.27. The van der Waals surface area contributed by atoms with Gasteiger partial charge >= 0.3 is 0 Å². The van der Waals surface area contributed by atoms with Crippen LogP contribution < -0.4 is 10.6 Å². The number of hydrogen-bond donors (Lipinski definition) is 2. The van der Waals surface area contributed by atoms with Crippen molar-refractivity contribution < 1.29 is 9.59 Å². The van der Waals surface area contributed by atoms with E-state index < -0.39 is 0 Å². The first kappa shape index (κ1) is 17.1. The Morgan fingerprint density at radius 3 is 2.26 bits per heavy atom. The van der Waals surface area contributed by atoms with Gasteiger partial charge < -0.3 is 15.5 Å². The summed E-state index contributed by atoms with van der Waals surface area (Å²) in [5, 5.41) is 6.50. The summed E-state index contributed by atoms with van der Waals surface area (Å²) < 4.78 is 0. The van der Waals surface area contributed by atoms with Gasteiger partial charge in [0.25, 0.3) is 5.91 Å². The van der Waals surface area contributed by atoms with Crippen molar-refractivity contribution in [2.45, 2.75) is 13.8 Å². The van der Waals surface area contributed by atoms with Crippen molar-refractivity contribution in [2.24, 2.45) is 0 Å². The van der Waals surface area contributed by atoms with Crippen LogP contribution in [0.2, 0.25) is 0 Å². The van der Waals surface area contributed by atoms with E-state index in [1.54, 1.807) is 17.0 Å². The molecule has 1 aromatic heterocycles. The molecule has 2 rings (SSSR count). The fraction of sp³-hybridized carbons (Fsp3) is 0.312. The van der Waals surface area contributed by atoms with Crippen molar-refractivity contribution in [1.29, 1.82) is 0 Å². The highest BCUT2D eigenvalue weighted by Gasteiger charge is 2.16. The molecule has 0 spiro atoms. The number of carbonyl (C=O) groups is 2. The number of likely N-dealkylation sites (N-methyl/N-ethyl adjacent to an activating group) is 1. The molecule has 0 unspecified atom stereocenters. The molecule has 1 heterocycles. The molecule has 0 aliphatic carbocycles. The second-order valence-corrected chi connectivity index (χ2v) is 6.64. The Morgan fingerprint density at radius 2 is 1.74 bits per heavy atom. The van der Waals surface area contributed by atoms with Crippen LogP contribution >= 0.6 is 11.3 Å². The third kappa shape index (κ3) is 4.61. The minimum absolute atomic E-state index is 0.137. The Hall–Kier alpha value is -2.25. The van der Waals surface area contributed by atoms with Gasteiger partial charge in [0.1, 0.15) is 4.88 Å². The maximum Gasteiger partial charge on any atom is 0.267 e. The molecule has 0 atom stereocenters. The van der Waals surface area contributed by atoms with Crippen molar-refractivity contribution >= 4 is 34.5 Å². The first-order chi connectivity index (χ1) is 10.9. The monoisotopic (exact) mass is 332 g/mol. The van der Waals surface area contributed by atoms with E-state index in [0.717, 1.165) is 5.01 Å². The zero-order valence-corrected chi connectivity index (χ0v) is 14.5. The van der Waals surface area contributed by atoms with Crippen LogP contribution in [0.4, 0.5) is 11.4 Å². The number of nitrogens with one attached hydrogen (secondary N) is 2. The molecule has 2 aromatic rings. The number of aryl methyl sites for hydroxylation is 2. The zero-order valence-electron chi connectivity index (χ0n) is 13.6. The van der Waals surface area contributed by atoms with Gasteiger partial charge in [-0.3, -0.25) is 9.59 Å². The molecule has 0 bridgehead atoms. The third-order valence-corrected chi connectivity index (χ3v) is 4.09. The van der Waals surface area contributed by atoms with Gasteiger partial charge in [0.05, 0.1) is 28.6 Å². The number of benzene rings is 1. The largest absolute Gasteiger partial charge is 0.323 e. The second-order valence-electron chi connectivity index (χ2n) is 5.43. The average molecular weight is 332 g/mol. The number of nitrogens with zero attached hydrogens (tertiary/aromatic N) is 2. The number of anilines is 2. The summed E-state index contributed by atoms with van der Waals surface area (Å²) in [4.78, 5) is 30.9. The molecule has 0 aliphatic heterocycles. The van der Waals surface area contributed by atoms with E-state index in [0.29, 0.717) is 21.9 Å². The van der Waals surface area contributed by atoms with E-state index in [9.17, 15) is 9.59 Å². The Bertz CT molecular complexity index is 725. The summed E-state index contributed by atoms with van der Waals surface area (Å²) in [5.74, 6) is -0.357. The molecule has 7 heteroatoms. The van der Waals surface area contributed by atoms with E-state index in [-0.39, 0.29) is 18.4 Å². The number of carbonyl (C=O) groups excluding carboxylic acids is 2. The first-order valence-electron chi connectivity index (χ1n) is 7.16. The summed E-state index contributed by atoms with van der Waals surface area (Å²) >= 11 is 1.35. The zero-order chi connectivity index (χ0) is 17.0. The van der Waals surface area contributed by atoms with Crippen LogP contribution in [0.25, 0.3) is 0 Å². The minimum Gasteiger partial charge on any atom is -0.323 e. The molecule has 0 saturated carbocycles. The number of rotatable bonds is 5. The summed E-state index contributed by atoms with van der Waals surface area (Å²) in [6.45, 7) is 3.95. The van der Waals surface area contributed by atoms with Gasteiger partial charge in [-0.15, -0.1) is 11.3 Å². The van der Waals surface area contributed by atoms with Gasteiger partial charge in [-0.1, -0.05) is 12.1 Å². The van der Waals surface area contributed by atoms with Crippen LogP contribution in [0.1, 0.15) is 20.4 Å². The van der Waals surface area contributed by atoms with Gasteiger partial charge in [-0.25, -0.2) is 4.98 Å². The summed E-state index contributed by atoms with van der Waals surface area (Å²) in [6.07, 6.45) is 0. The molecule has 0 fully saturated rings. The van der Waals surface area contributed by atoms with E-state index in [2.05, 4.69) is 15.6 Å². The molecule has 6 nitrogen and oxygen atoms in total. The first-order valence-corrected chi connectivity index (χ1v) is 7.97. The lowest BCUT2D eigenvalue weighted by atomic mass is 10.2. The van der Waals surface area contributed by atoms with Crippen molar-refractivity contribution in [2.75, 3.05) is 31.3 Å². The predicted molar refractivity (Wildman–Crippen MR) is 93.2 cm³/mol. The van der Waals surface area contributed by atoms with E-state index in [1.807, 2.05) is 40.1 Å². The third-order valence-electron chi connectivity index (χ3n) is 3.02. The molecular weight excluding hydrogens is 312 g/mol. The molecule has 122 valence electrons. The highest BCUT2D eigenvalue weighted by molar-refractivity contribution is 7.13. The average Bonchev–Trinajstić information content (AvgIpc) is 2.79. The van der Waals surface area contributed by atoms with Gasteiger partial charge in [0, 0.05) is 0 Å². The summed E-state index contributed by atoms with van der Waals surface area (Å²) in [5.41, 5.74) is 1.85. The van der Waals surface area contributed by atoms with E-state index in [1.165, 1.54) is 11.3 Å². The van der Waals surface area contributed by atoms with E-state index >= 15 is 0 Å². The standard InChI is InChI=1S/C16H20N4O2S/c1-10-15(23-11(2)17-10)16(22)19-13-8-6-5-7-12(13)18-14(21)9-20(3)4/h5-8H,9H2,1-4H3,(H,18,21)(H,19,22). The lowest BCUT2D eigenvalue weighted by Gasteiger charge is -2.14. The highest BCUT2D eigenvalue weighted by atomic mass is 32.1. The van der Waals surface area contributed by atoms with Gasteiger partial charge in [-0.05, 0) is 40.1 Å². The maximum absolute atomic E-state index is 12.4. The molecule has 1 aromatic carbocycles. The van der Waals surface area contributed by atoms with Gasteiger partial charge in [-0.2, -0.15) is 0 Å². The van der Waals surface area contributed by atoms with Crippen LogP contribution in [0.5, 0.6) is 0 Å². The van der Waals surface area contributed by atoms with Gasteiger partial charge in [0.2, 0.25) is 5.91 Å². The molecular formula is C16H20N4O2S. The molecule has 0 aliphatic rings. The number of hydrogen-bond acceptors (Lipinski definition) is 5. The Morgan fingerprint density at radius 1 is 1.13 bits per heavy atom. The van der Waals surface area contributed by atoms with E-state index in [4.69, 9.17) is 0 Å². The predicted octanol–water partition coefficient (Wildman–Crippen LogP) is 2.51. The minimum atomic E-state index is -0.220. The van der Waals surface area contributed by atoms with Crippen LogP contribution in [-0.4, -0.2) is 42.3 Å². The quantitative estimate of drug-likeness (QED) is 0.882. The molecule has 23 heavy (non-hydrogen) atoms. The second kappa shape index (κ2) is 7.34. The van der Waals surface area contributed by atoms with Crippen molar-refractivity contribution in [3.8, 4) is 0 Å². The Labute approximate surface area is 139 Å². The number of amides is 2. The Kier molecular flexibility index (Phi) is 5.46. The highest BCUT2D eigenvalue weighted by Crippen LogP contribution is 2.24. The lowest BCUT2D eigenvalue weighted by molar-refractivity contribution is -0.116. The SMILES string of the molecule is Cc1nc(C)c(C(=O)Nc2ccccc2NC(=O)CN(C)C)s1. The molecule has 2 N–H and O–H groups in total. The van der Waals surface area contributed by atoms with Crippen molar-refractivity contribution in [1.82, 2.24) is 9.88 Å². The van der Waals surface area contributed by atoms with Crippen molar-refractivity contribution in [3.63, 3.8) is 0 Å². The fourth-order valence-electron chi connectivity index (χ4n) is 2.10. The summed E-state index contributed by atoms with van der Waals surface area (Å²) in [6, 6.07) is 7.13. The maximum atomic E-state index is 12.4. The van der Waals surface area contributed by atoms with Crippen LogP contribution in [-0.2, 0) is 4.79 Å². The molecule has 2 amide bonds. The molecule has 0 radical (unpaired) electrons. The topological polar surface area (TPSA) is 74.3 Å². The normalized spacial score (nSPS) is 10.7. The summed E-state index contributed by atoms with van der Waals surface area (Å²) in [7, 11) is 3.64. The Balaban J connectivity index is 2.15. The van der Waals surface area contributed by atoms with Crippen molar-refractivity contribution in [3.05, 3.63) is 39.8 Å².